The molecular formula is C13H20ClNOS. The van der Waals surface area contributed by atoms with Crippen LogP contribution in [0.1, 0.15) is 43.0 Å². The average Bonchev–Trinajstić information content (AvgIpc) is 2.78. The van der Waals surface area contributed by atoms with Gasteiger partial charge in [-0.3, -0.25) is 0 Å². The monoisotopic (exact) mass is 273 g/mol. The Morgan fingerprint density at radius 1 is 1.35 bits per heavy atom. The first-order valence-corrected chi connectivity index (χ1v) is 7.45. The Morgan fingerprint density at radius 2 is 2.06 bits per heavy atom. The molecule has 1 aromatic heterocycles. The van der Waals surface area contributed by atoms with E-state index in [1.807, 2.05) is 12.1 Å². The molecule has 0 spiro atoms. The topological polar surface area (TPSA) is 35.2 Å². The summed E-state index contributed by atoms with van der Waals surface area (Å²) in [5.74, 6) is 0.602. The largest absolute Gasteiger partial charge is 0.379 e. The van der Waals surface area contributed by atoms with Crippen LogP contribution in [-0.2, 0) is 4.74 Å². The maximum absolute atomic E-state index is 6.32. The van der Waals surface area contributed by atoms with Crippen molar-refractivity contribution in [3.8, 4) is 0 Å². The summed E-state index contributed by atoms with van der Waals surface area (Å²) in [6.45, 7) is 0. The Bertz CT molecular complexity index is 349. The minimum Gasteiger partial charge on any atom is -0.379 e. The van der Waals surface area contributed by atoms with Gasteiger partial charge in [0.25, 0.3) is 0 Å². The zero-order valence-corrected chi connectivity index (χ0v) is 11.8. The number of hydrogen-bond acceptors (Lipinski definition) is 3. The van der Waals surface area contributed by atoms with Crippen LogP contribution in [0.15, 0.2) is 12.1 Å². The van der Waals surface area contributed by atoms with Crippen molar-refractivity contribution in [1.82, 2.24) is 0 Å². The van der Waals surface area contributed by atoms with Gasteiger partial charge in [-0.15, -0.1) is 11.3 Å². The van der Waals surface area contributed by atoms with Gasteiger partial charge in [-0.1, -0.05) is 30.9 Å². The lowest BCUT2D eigenvalue weighted by Gasteiger charge is -2.32. The smallest absolute Gasteiger partial charge is 0.0931 e. The first-order chi connectivity index (χ1) is 8.22. The molecule has 1 aromatic rings. The van der Waals surface area contributed by atoms with Crippen LogP contribution >= 0.6 is 22.9 Å². The van der Waals surface area contributed by atoms with Crippen LogP contribution in [0.25, 0.3) is 0 Å². The first-order valence-electron chi connectivity index (χ1n) is 6.26. The molecule has 1 heterocycles. The second-order valence-corrected chi connectivity index (χ2v) is 6.51. The van der Waals surface area contributed by atoms with Crippen molar-refractivity contribution in [1.29, 1.82) is 0 Å². The number of halogens is 1. The van der Waals surface area contributed by atoms with Gasteiger partial charge in [0, 0.05) is 12.0 Å². The Labute approximate surface area is 112 Å². The highest BCUT2D eigenvalue weighted by Crippen LogP contribution is 2.35. The number of thiophene rings is 1. The molecule has 0 aliphatic heterocycles. The molecule has 1 aliphatic rings. The third kappa shape index (κ3) is 3.22. The minimum absolute atomic E-state index is 0.0411. The van der Waals surface area contributed by atoms with Gasteiger partial charge in [-0.2, -0.15) is 0 Å². The predicted molar refractivity (Wildman–Crippen MR) is 73.6 cm³/mol. The van der Waals surface area contributed by atoms with Crippen molar-refractivity contribution in [3.05, 3.63) is 21.3 Å². The van der Waals surface area contributed by atoms with Crippen molar-refractivity contribution in [2.24, 2.45) is 11.7 Å². The SMILES string of the molecule is COC(C1CCCCC1)C(N)c1ccc(Cl)s1. The highest BCUT2D eigenvalue weighted by atomic mass is 35.5. The van der Waals surface area contributed by atoms with E-state index in [0.29, 0.717) is 5.92 Å². The van der Waals surface area contributed by atoms with Crippen LogP contribution in [0, 0.1) is 5.92 Å². The third-order valence-corrected chi connectivity index (χ3v) is 5.00. The number of methoxy groups -OCH3 is 1. The molecular weight excluding hydrogens is 254 g/mol. The van der Waals surface area contributed by atoms with E-state index >= 15 is 0 Å². The van der Waals surface area contributed by atoms with Crippen molar-refractivity contribution < 1.29 is 4.74 Å². The standard InChI is InChI=1S/C13H20ClNOS/c1-16-13(9-5-3-2-4-6-9)12(15)10-7-8-11(14)17-10/h7-9,12-13H,2-6,15H2,1H3. The molecule has 2 nitrogen and oxygen atoms in total. The molecule has 2 rings (SSSR count). The summed E-state index contributed by atoms with van der Waals surface area (Å²) >= 11 is 7.52. The summed E-state index contributed by atoms with van der Waals surface area (Å²) in [6, 6.07) is 3.89. The second-order valence-electron chi connectivity index (χ2n) is 4.77. The predicted octanol–water partition coefficient (Wildman–Crippen LogP) is 4.00. The van der Waals surface area contributed by atoms with Crippen LogP contribution in [-0.4, -0.2) is 13.2 Å². The quantitative estimate of drug-likeness (QED) is 0.900. The van der Waals surface area contributed by atoms with E-state index in [2.05, 4.69) is 0 Å². The minimum atomic E-state index is -0.0411. The normalized spacial score (nSPS) is 21.4. The van der Waals surface area contributed by atoms with Crippen LogP contribution in [0.4, 0.5) is 0 Å². The van der Waals surface area contributed by atoms with Crippen molar-refractivity contribution >= 4 is 22.9 Å². The fourth-order valence-electron chi connectivity index (χ4n) is 2.76. The van der Waals surface area contributed by atoms with E-state index in [9.17, 15) is 0 Å². The molecule has 0 aromatic carbocycles. The summed E-state index contributed by atoms with van der Waals surface area (Å²) in [5, 5.41) is 0. The zero-order chi connectivity index (χ0) is 12.3. The van der Waals surface area contributed by atoms with Crippen molar-refractivity contribution in [3.63, 3.8) is 0 Å². The molecule has 2 unspecified atom stereocenters. The first kappa shape index (κ1) is 13.3. The van der Waals surface area contributed by atoms with Gasteiger partial charge in [0.05, 0.1) is 16.5 Å². The fraction of sp³-hybridized carbons (Fsp3) is 0.692. The highest BCUT2D eigenvalue weighted by Gasteiger charge is 2.30. The summed E-state index contributed by atoms with van der Waals surface area (Å²) < 4.78 is 6.45. The lowest BCUT2D eigenvalue weighted by molar-refractivity contribution is 0.0180. The Hall–Kier alpha value is -0.0900. The van der Waals surface area contributed by atoms with Gasteiger partial charge < -0.3 is 10.5 Å². The molecule has 2 atom stereocenters. The molecule has 4 heteroatoms. The van der Waals surface area contributed by atoms with Crippen LogP contribution < -0.4 is 5.73 Å². The fourth-order valence-corrected chi connectivity index (χ4v) is 3.86. The molecule has 0 bridgehead atoms. The van der Waals surface area contributed by atoms with E-state index in [0.717, 1.165) is 9.21 Å². The molecule has 1 aliphatic carbocycles. The average molecular weight is 274 g/mol. The summed E-state index contributed by atoms with van der Waals surface area (Å²) in [7, 11) is 1.77. The molecule has 0 saturated heterocycles. The van der Waals surface area contributed by atoms with E-state index < -0.39 is 0 Å². The number of ether oxygens (including phenoxy) is 1. The molecule has 2 N–H and O–H groups in total. The van der Waals surface area contributed by atoms with Crippen LogP contribution in [0.3, 0.4) is 0 Å². The lowest BCUT2D eigenvalue weighted by atomic mass is 9.82. The molecule has 17 heavy (non-hydrogen) atoms. The van der Waals surface area contributed by atoms with Crippen molar-refractivity contribution in [2.45, 2.75) is 44.2 Å². The van der Waals surface area contributed by atoms with E-state index in [1.54, 1.807) is 18.4 Å². The lowest BCUT2D eigenvalue weighted by Crippen LogP contribution is -2.35. The van der Waals surface area contributed by atoms with Crippen LogP contribution in [0.5, 0.6) is 0 Å². The highest BCUT2D eigenvalue weighted by molar-refractivity contribution is 7.16. The zero-order valence-electron chi connectivity index (χ0n) is 10.2. The third-order valence-electron chi connectivity index (χ3n) is 3.66. The van der Waals surface area contributed by atoms with Gasteiger partial charge >= 0.3 is 0 Å². The number of rotatable bonds is 4. The maximum Gasteiger partial charge on any atom is 0.0931 e. The summed E-state index contributed by atoms with van der Waals surface area (Å²) in [6.07, 6.45) is 6.58. The van der Waals surface area contributed by atoms with Gasteiger partial charge in [0.1, 0.15) is 0 Å². The maximum atomic E-state index is 6.32. The van der Waals surface area contributed by atoms with Gasteiger partial charge in [-0.05, 0) is 30.9 Å². The summed E-state index contributed by atoms with van der Waals surface area (Å²) in [5.41, 5.74) is 6.32. The Kier molecular flexibility index (Phi) is 4.86. The Balaban J connectivity index is 2.06. The second kappa shape index (κ2) is 6.19. The van der Waals surface area contributed by atoms with E-state index in [1.165, 1.54) is 32.1 Å². The molecule has 96 valence electrons. The summed E-state index contributed by atoms with van der Waals surface area (Å²) in [4.78, 5) is 1.13. The molecule has 1 saturated carbocycles. The molecule has 0 amide bonds. The van der Waals surface area contributed by atoms with Gasteiger partial charge in [-0.25, -0.2) is 0 Å². The van der Waals surface area contributed by atoms with Gasteiger partial charge in [0.2, 0.25) is 0 Å². The molecule has 0 radical (unpaired) electrons. The number of hydrogen-bond donors (Lipinski definition) is 1. The molecule has 1 fully saturated rings. The van der Waals surface area contributed by atoms with Gasteiger partial charge in [0.15, 0.2) is 0 Å². The van der Waals surface area contributed by atoms with Crippen LogP contribution in [0.2, 0.25) is 4.34 Å². The Morgan fingerprint density at radius 3 is 2.59 bits per heavy atom. The van der Waals surface area contributed by atoms with E-state index in [4.69, 9.17) is 22.1 Å². The number of nitrogens with two attached hydrogens (primary N) is 1. The van der Waals surface area contributed by atoms with Crippen molar-refractivity contribution in [2.75, 3.05) is 7.11 Å². The van der Waals surface area contributed by atoms with E-state index in [-0.39, 0.29) is 12.1 Å².